The Morgan fingerprint density at radius 3 is 1.77 bits per heavy atom. The maximum absolute atomic E-state index is 13.4. The van der Waals surface area contributed by atoms with Crippen LogP contribution in [0.5, 0.6) is 0 Å². The highest BCUT2D eigenvalue weighted by Crippen LogP contribution is 2.27. The highest BCUT2D eigenvalue weighted by atomic mass is 32.2. The Hall–Kier alpha value is -2.96. The lowest BCUT2D eigenvalue weighted by Gasteiger charge is -2.28. The molecule has 2 unspecified atom stereocenters. The Kier molecular flexibility index (Phi) is 6.70. The molecule has 30 heavy (non-hydrogen) atoms. The number of aryl methyl sites for hydroxylation is 1. The minimum atomic E-state index is -3.59. The Labute approximate surface area is 178 Å². The van der Waals surface area contributed by atoms with Crippen LogP contribution in [-0.2, 0) is 14.8 Å². The number of sulfonamides is 1. The summed E-state index contributed by atoms with van der Waals surface area (Å²) in [6.07, 6.45) is 1.10. The molecule has 3 aromatic carbocycles. The van der Waals surface area contributed by atoms with Crippen molar-refractivity contribution < 1.29 is 13.2 Å². The lowest BCUT2D eigenvalue weighted by atomic mass is 9.97. The molecule has 156 valence electrons. The summed E-state index contributed by atoms with van der Waals surface area (Å²) in [5.41, 5.74) is 3.58. The van der Waals surface area contributed by atoms with E-state index in [0.717, 1.165) is 27.3 Å². The van der Waals surface area contributed by atoms with E-state index >= 15 is 0 Å². The normalized spacial score (nSPS) is 13.6. The van der Waals surface area contributed by atoms with Gasteiger partial charge in [-0.1, -0.05) is 90.5 Å². The number of rotatable bonds is 7. The van der Waals surface area contributed by atoms with Crippen LogP contribution in [0, 0.1) is 6.92 Å². The molecule has 0 aromatic heterocycles. The zero-order chi connectivity index (χ0) is 21.7. The van der Waals surface area contributed by atoms with Crippen LogP contribution >= 0.6 is 0 Å². The van der Waals surface area contributed by atoms with Gasteiger partial charge in [-0.15, -0.1) is 0 Å². The third-order valence-electron chi connectivity index (χ3n) is 5.08. The molecule has 0 aliphatic heterocycles. The molecule has 6 heteroatoms. The van der Waals surface area contributed by atoms with Gasteiger partial charge in [0.25, 0.3) is 0 Å². The number of hydrogen-bond acceptors (Lipinski definition) is 3. The molecule has 2 atom stereocenters. The van der Waals surface area contributed by atoms with Gasteiger partial charge < -0.3 is 5.32 Å². The van der Waals surface area contributed by atoms with Gasteiger partial charge in [-0.25, -0.2) is 8.42 Å². The summed E-state index contributed by atoms with van der Waals surface area (Å²) in [5, 5.41) is 3.08. The average molecular weight is 423 g/mol. The topological polar surface area (TPSA) is 66.5 Å². The second-order valence-corrected chi connectivity index (χ2v) is 9.40. The Bertz CT molecular complexity index is 1080. The molecule has 3 rings (SSSR count). The molecule has 3 aromatic rings. The lowest BCUT2D eigenvalue weighted by molar-refractivity contribution is -0.125. The van der Waals surface area contributed by atoms with Crippen LogP contribution in [0.1, 0.15) is 34.3 Å². The van der Waals surface area contributed by atoms with E-state index in [1.54, 1.807) is 24.3 Å². The van der Waals surface area contributed by atoms with Crippen molar-refractivity contribution in [2.24, 2.45) is 0 Å². The fourth-order valence-corrected chi connectivity index (χ4v) is 3.94. The SMILES string of the molecule is Cc1ccc(C(NC(=O)C(c2ccccc2)N(C)S(C)(=O)=O)c2ccccc2)cc1. The molecular weight excluding hydrogens is 396 g/mol. The van der Waals surface area contributed by atoms with Crippen LogP contribution in [0.15, 0.2) is 84.9 Å². The zero-order valence-corrected chi connectivity index (χ0v) is 18.1. The van der Waals surface area contributed by atoms with Crippen molar-refractivity contribution in [1.29, 1.82) is 0 Å². The molecule has 0 aliphatic carbocycles. The minimum Gasteiger partial charge on any atom is -0.343 e. The molecule has 0 heterocycles. The van der Waals surface area contributed by atoms with E-state index in [1.807, 2.05) is 67.6 Å². The lowest BCUT2D eigenvalue weighted by Crippen LogP contribution is -2.42. The number of hydrogen-bond donors (Lipinski definition) is 1. The third kappa shape index (κ3) is 5.14. The number of benzene rings is 3. The monoisotopic (exact) mass is 422 g/mol. The van der Waals surface area contributed by atoms with Crippen LogP contribution in [0.3, 0.4) is 0 Å². The van der Waals surface area contributed by atoms with E-state index in [1.165, 1.54) is 7.05 Å². The van der Waals surface area contributed by atoms with Crippen molar-refractivity contribution in [2.75, 3.05) is 13.3 Å². The summed E-state index contributed by atoms with van der Waals surface area (Å²) in [7, 11) is -2.17. The quantitative estimate of drug-likeness (QED) is 0.629. The average Bonchev–Trinajstić information content (AvgIpc) is 2.74. The summed E-state index contributed by atoms with van der Waals surface area (Å²) in [6.45, 7) is 2.01. The van der Waals surface area contributed by atoms with Gasteiger partial charge in [0.1, 0.15) is 6.04 Å². The fourth-order valence-electron chi connectivity index (χ4n) is 3.34. The van der Waals surface area contributed by atoms with Crippen molar-refractivity contribution in [3.05, 3.63) is 107 Å². The molecule has 0 radical (unpaired) electrons. The number of carbonyl (C=O) groups excluding carboxylic acids is 1. The first-order chi connectivity index (χ1) is 14.3. The van der Waals surface area contributed by atoms with E-state index in [4.69, 9.17) is 0 Å². The van der Waals surface area contributed by atoms with E-state index < -0.39 is 22.1 Å². The highest BCUT2D eigenvalue weighted by Gasteiger charge is 2.32. The largest absolute Gasteiger partial charge is 0.343 e. The predicted molar refractivity (Wildman–Crippen MR) is 119 cm³/mol. The van der Waals surface area contributed by atoms with Gasteiger partial charge >= 0.3 is 0 Å². The first-order valence-electron chi connectivity index (χ1n) is 9.67. The van der Waals surface area contributed by atoms with Crippen molar-refractivity contribution in [1.82, 2.24) is 9.62 Å². The van der Waals surface area contributed by atoms with Gasteiger partial charge in [0, 0.05) is 7.05 Å². The number of amides is 1. The van der Waals surface area contributed by atoms with E-state index in [-0.39, 0.29) is 5.91 Å². The fraction of sp³-hybridized carbons (Fsp3) is 0.208. The van der Waals surface area contributed by atoms with Crippen molar-refractivity contribution >= 4 is 15.9 Å². The molecule has 0 fully saturated rings. The predicted octanol–water partition coefficient (Wildman–Crippen LogP) is 3.83. The summed E-state index contributed by atoms with van der Waals surface area (Å²) in [4.78, 5) is 13.4. The third-order valence-corrected chi connectivity index (χ3v) is 6.34. The van der Waals surface area contributed by atoms with Crippen LogP contribution in [0.4, 0.5) is 0 Å². The molecule has 0 saturated heterocycles. The summed E-state index contributed by atoms with van der Waals surface area (Å²) in [6, 6.07) is 25.1. The van der Waals surface area contributed by atoms with Crippen molar-refractivity contribution in [3.63, 3.8) is 0 Å². The Balaban J connectivity index is 2.01. The van der Waals surface area contributed by atoms with Crippen LogP contribution < -0.4 is 5.32 Å². The first kappa shape index (κ1) is 21.7. The maximum Gasteiger partial charge on any atom is 0.243 e. The van der Waals surface area contributed by atoms with Crippen LogP contribution in [-0.4, -0.2) is 31.9 Å². The van der Waals surface area contributed by atoms with E-state index in [0.29, 0.717) is 5.56 Å². The van der Waals surface area contributed by atoms with Gasteiger partial charge in [-0.05, 0) is 23.6 Å². The standard InChI is InChI=1S/C24H26N2O3S/c1-18-14-16-20(17-15-18)22(19-10-6-4-7-11-19)25-24(27)23(26(2)30(3,28)29)21-12-8-5-9-13-21/h4-17,22-23H,1-3H3,(H,25,27). The molecule has 0 spiro atoms. The maximum atomic E-state index is 13.4. The van der Waals surface area contributed by atoms with Gasteiger partial charge in [-0.3, -0.25) is 4.79 Å². The van der Waals surface area contributed by atoms with Crippen molar-refractivity contribution in [3.8, 4) is 0 Å². The zero-order valence-electron chi connectivity index (χ0n) is 17.3. The van der Waals surface area contributed by atoms with E-state index in [2.05, 4.69) is 5.32 Å². The Morgan fingerprint density at radius 2 is 1.27 bits per heavy atom. The van der Waals surface area contributed by atoms with Gasteiger partial charge in [0.2, 0.25) is 15.9 Å². The molecule has 0 bridgehead atoms. The first-order valence-corrected chi connectivity index (χ1v) is 11.5. The molecule has 5 nitrogen and oxygen atoms in total. The van der Waals surface area contributed by atoms with Gasteiger partial charge in [0.15, 0.2) is 0 Å². The number of carbonyl (C=O) groups is 1. The second-order valence-electron chi connectivity index (χ2n) is 7.36. The van der Waals surface area contributed by atoms with Crippen molar-refractivity contribution in [2.45, 2.75) is 19.0 Å². The second kappa shape index (κ2) is 9.24. The number of likely N-dealkylation sites (N-methyl/N-ethyl adjacent to an activating group) is 1. The van der Waals surface area contributed by atoms with E-state index in [9.17, 15) is 13.2 Å². The highest BCUT2D eigenvalue weighted by molar-refractivity contribution is 7.88. The Morgan fingerprint density at radius 1 is 0.800 bits per heavy atom. The molecule has 1 N–H and O–H groups in total. The smallest absolute Gasteiger partial charge is 0.243 e. The minimum absolute atomic E-state index is 0.386. The van der Waals surface area contributed by atoms with Crippen LogP contribution in [0.25, 0.3) is 0 Å². The molecular formula is C24H26N2O3S. The molecule has 1 amide bonds. The van der Waals surface area contributed by atoms with Gasteiger partial charge in [0.05, 0.1) is 12.3 Å². The molecule has 0 saturated carbocycles. The summed E-state index contributed by atoms with van der Waals surface area (Å²) < 4.78 is 25.6. The summed E-state index contributed by atoms with van der Waals surface area (Å²) in [5.74, 6) is -0.386. The van der Waals surface area contributed by atoms with Gasteiger partial charge in [-0.2, -0.15) is 4.31 Å². The number of nitrogens with zero attached hydrogens (tertiary/aromatic N) is 1. The number of nitrogens with one attached hydrogen (secondary N) is 1. The molecule has 0 aliphatic rings. The summed E-state index contributed by atoms with van der Waals surface area (Å²) >= 11 is 0. The van der Waals surface area contributed by atoms with Crippen LogP contribution in [0.2, 0.25) is 0 Å².